The summed E-state index contributed by atoms with van der Waals surface area (Å²) in [7, 11) is 0. The molecule has 2 atom stereocenters. The van der Waals surface area contributed by atoms with Crippen molar-refractivity contribution in [2.24, 2.45) is 0 Å². The summed E-state index contributed by atoms with van der Waals surface area (Å²) in [5.41, 5.74) is 3.06. The standard InChI is InChI=1S/C18H19N3O2/c1-10(2)20-18(23)17-13-8-19-14-5-3-4-12(16(13)14)11-6-7-15(22)21(17)9-11/h3-8,10-11,17,19H,9H2,1-2H3,(H,20,23)/t11-,17-/m0/s1. The largest absolute Gasteiger partial charge is 0.361 e. The highest BCUT2D eigenvalue weighted by atomic mass is 16.2. The van der Waals surface area contributed by atoms with Gasteiger partial charge in [-0.05, 0) is 31.6 Å². The molecule has 118 valence electrons. The van der Waals surface area contributed by atoms with Crippen LogP contribution in [-0.2, 0) is 9.59 Å². The Hall–Kier alpha value is -2.56. The van der Waals surface area contributed by atoms with Crippen molar-refractivity contribution in [3.05, 3.63) is 47.7 Å². The Morgan fingerprint density at radius 1 is 1.35 bits per heavy atom. The van der Waals surface area contributed by atoms with Crippen LogP contribution in [0, 0.1) is 0 Å². The number of carbonyl (C=O) groups is 2. The summed E-state index contributed by atoms with van der Waals surface area (Å²) >= 11 is 0. The lowest BCUT2D eigenvalue weighted by Gasteiger charge is -2.32. The lowest BCUT2D eigenvalue weighted by Crippen LogP contribution is -2.46. The van der Waals surface area contributed by atoms with Crippen molar-refractivity contribution in [3.63, 3.8) is 0 Å². The molecule has 0 unspecified atom stereocenters. The first-order chi connectivity index (χ1) is 11.1. The fraction of sp³-hybridized carbons (Fsp3) is 0.333. The minimum absolute atomic E-state index is 0.0293. The fourth-order valence-corrected chi connectivity index (χ4v) is 3.67. The molecule has 0 fully saturated rings. The summed E-state index contributed by atoms with van der Waals surface area (Å²) in [6, 6.07) is 5.55. The van der Waals surface area contributed by atoms with Crippen LogP contribution in [0.2, 0.25) is 0 Å². The van der Waals surface area contributed by atoms with E-state index >= 15 is 0 Å². The third-order valence-electron chi connectivity index (χ3n) is 4.60. The second kappa shape index (κ2) is 4.98. The molecule has 2 bridgehead atoms. The zero-order valence-corrected chi connectivity index (χ0v) is 13.2. The molecule has 2 aromatic rings. The number of H-pyrrole nitrogens is 1. The van der Waals surface area contributed by atoms with E-state index in [1.807, 2.05) is 38.3 Å². The van der Waals surface area contributed by atoms with Crippen molar-refractivity contribution < 1.29 is 9.59 Å². The van der Waals surface area contributed by atoms with Gasteiger partial charge in [-0.1, -0.05) is 18.2 Å². The SMILES string of the molecule is CC(C)NC(=O)[C@@H]1c2c[nH]c3cccc(c23)[C@H]2C=CC(=O)N1C2. The molecule has 0 aliphatic carbocycles. The maximum Gasteiger partial charge on any atom is 0.247 e. The van der Waals surface area contributed by atoms with Crippen molar-refractivity contribution in [1.29, 1.82) is 0 Å². The number of carbonyl (C=O) groups excluding carboxylic acids is 2. The Balaban J connectivity index is 1.95. The van der Waals surface area contributed by atoms with Gasteiger partial charge in [-0.25, -0.2) is 0 Å². The molecule has 0 spiro atoms. The average Bonchev–Trinajstić information content (AvgIpc) is 2.87. The number of rotatable bonds is 2. The van der Waals surface area contributed by atoms with Crippen molar-refractivity contribution in [1.82, 2.24) is 15.2 Å². The summed E-state index contributed by atoms with van der Waals surface area (Å²) < 4.78 is 0. The number of nitrogens with one attached hydrogen (secondary N) is 2. The number of hydrogen-bond acceptors (Lipinski definition) is 2. The minimum atomic E-state index is -0.588. The van der Waals surface area contributed by atoms with E-state index in [0.29, 0.717) is 6.54 Å². The van der Waals surface area contributed by atoms with Gasteiger partial charge in [-0.3, -0.25) is 9.59 Å². The van der Waals surface area contributed by atoms with Crippen LogP contribution in [0.15, 0.2) is 36.5 Å². The highest BCUT2D eigenvalue weighted by Gasteiger charge is 2.39. The summed E-state index contributed by atoms with van der Waals surface area (Å²) in [5.74, 6) is -0.102. The van der Waals surface area contributed by atoms with Gasteiger partial charge in [0.25, 0.3) is 0 Å². The maximum absolute atomic E-state index is 12.8. The van der Waals surface area contributed by atoms with Crippen LogP contribution >= 0.6 is 0 Å². The number of nitrogens with zero attached hydrogens (tertiary/aromatic N) is 1. The van der Waals surface area contributed by atoms with Gasteiger partial charge in [0.1, 0.15) is 6.04 Å². The highest BCUT2D eigenvalue weighted by molar-refractivity contribution is 6.00. The van der Waals surface area contributed by atoms with E-state index in [4.69, 9.17) is 0 Å². The molecule has 1 aromatic carbocycles. The van der Waals surface area contributed by atoms with E-state index in [-0.39, 0.29) is 23.8 Å². The van der Waals surface area contributed by atoms with E-state index < -0.39 is 6.04 Å². The maximum atomic E-state index is 12.8. The quantitative estimate of drug-likeness (QED) is 0.893. The molecule has 2 amide bonds. The molecule has 2 N–H and O–H groups in total. The van der Waals surface area contributed by atoms with Crippen molar-refractivity contribution in [2.45, 2.75) is 31.8 Å². The molecule has 0 saturated carbocycles. The second-order valence-corrected chi connectivity index (χ2v) is 6.54. The van der Waals surface area contributed by atoms with Crippen LogP contribution < -0.4 is 5.32 Å². The Morgan fingerprint density at radius 3 is 2.96 bits per heavy atom. The molecule has 0 radical (unpaired) electrons. The van der Waals surface area contributed by atoms with Crippen molar-refractivity contribution >= 4 is 22.7 Å². The molecule has 0 saturated heterocycles. The molecular formula is C18H19N3O2. The molecule has 23 heavy (non-hydrogen) atoms. The van der Waals surface area contributed by atoms with Crippen LogP contribution in [0.4, 0.5) is 0 Å². The summed E-state index contributed by atoms with van der Waals surface area (Å²) in [5, 5.41) is 4.03. The van der Waals surface area contributed by atoms with E-state index in [1.54, 1.807) is 11.0 Å². The van der Waals surface area contributed by atoms with Crippen LogP contribution in [0.1, 0.15) is 36.9 Å². The first-order valence-corrected chi connectivity index (χ1v) is 7.95. The number of aromatic amines is 1. The van der Waals surface area contributed by atoms with Crippen molar-refractivity contribution in [3.8, 4) is 0 Å². The average molecular weight is 309 g/mol. The lowest BCUT2D eigenvalue weighted by atomic mass is 9.93. The first-order valence-electron chi connectivity index (χ1n) is 7.95. The number of amides is 2. The van der Waals surface area contributed by atoms with Crippen molar-refractivity contribution in [2.75, 3.05) is 6.54 Å². The van der Waals surface area contributed by atoms with Gasteiger partial charge in [-0.2, -0.15) is 0 Å². The lowest BCUT2D eigenvalue weighted by molar-refractivity contribution is -0.138. The van der Waals surface area contributed by atoms with Gasteiger partial charge in [0.15, 0.2) is 0 Å². The number of hydrogen-bond donors (Lipinski definition) is 2. The minimum Gasteiger partial charge on any atom is -0.361 e. The van der Waals surface area contributed by atoms with Crippen LogP contribution in [0.25, 0.3) is 10.9 Å². The van der Waals surface area contributed by atoms with Crippen LogP contribution in [0.3, 0.4) is 0 Å². The first kappa shape index (κ1) is 14.1. The van der Waals surface area contributed by atoms with Crippen LogP contribution in [-0.4, -0.2) is 34.3 Å². The third-order valence-corrected chi connectivity index (χ3v) is 4.60. The third kappa shape index (κ3) is 2.07. The zero-order valence-electron chi connectivity index (χ0n) is 13.2. The monoisotopic (exact) mass is 309 g/mol. The zero-order chi connectivity index (χ0) is 16.1. The summed E-state index contributed by atoms with van der Waals surface area (Å²) in [4.78, 5) is 30.1. The van der Waals surface area contributed by atoms with Gasteiger partial charge >= 0.3 is 0 Å². The molecule has 5 nitrogen and oxygen atoms in total. The summed E-state index contributed by atoms with van der Waals surface area (Å²) in [6.45, 7) is 4.39. The molecule has 3 heterocycles. The highest BCUT2D eigenvalue weighted by Crippen LogP contribution is 2.41. The molecule has 5 heteroatoms. The topological polar surface area (TPSA) is 65.2 Å². The smallest absolute Gasteiger partial charge is 0.247 e. The number of fused-ring (bicyclic) bond motifs is 3. The van der Waals surface area contributed by atoms with E-state index in [2.05, 4.69) is 16.4 Å². The van der Waals surface area contributed by atoms with Gasteiger partial charge in [0.2, 0.25) is 11.8 Å². The Labute approximate surface area is 134 Å². The number of benzene rings is 1. The van der Waals surface area contributed by atoms with Gasteiger partial charge in [0.05, 0.1) is 0 Å². The predicted molar refractivity (Wildman–Crippen MR) is 87.9 cm³/mol. The van der Waals surface area contributed by atoms with E-state index in [1.165, 1.54) is 5.56 Å². The van der Waals surface area contributed by atoms with E-state index in [9.17, 15) is 9.59 Å². The van der Waals surface area contributed by atoms with Gasteiger partial charge in [0, 0.05) is 41.2 Å². The van der Waals surface area contributed by atoms with Crippen LogP contribution in [0.5, 0.6) is 0 Å². The summed E-state index contributed by atoms with van der Waals surface area (Å²) in [6.07, 6.45) is 5.41. The molecule has 2 aliphatic heterocycles. The number of aromatic nitrogens is 1. The van der Waals surface area contributed by atoms with E-state index in [0.717, 1.165) is 16.5 Å². The Kier molecular flexibility index (Phi) is 3.04. The molecular weight excluding hydrogens is 290 g/mol. The van der Waals surface area contributed by atoms with Gasteiger partial charge in [-0.15, -0.1) is 0 Å². The predicted octanol–water partition coefficient (Wildman–Crippen LogP) is 2.23. The normalized spacial score (nSPS) is 22.6. The van der Waals surface area contributed by atoms with Gasteiger partial charge < -0.3 is 15.2 Å². The molecule has 4 rings (SSSR count). The molecule has 1 aromatic heterocycles. The molecule has 2 aliphatic rings. The second-order valence-electron chi connectivity index (χ2n) is 6.54. The fourth-order valence-electron chi connectivity index (χ4n) is 3.67. The Morgan fingerprint density at radius 2 is 2.17 bits per heavy atom. The Bertz CT molecular complexity index is 834.